The summed E-state index contributed by atoms with van der Waals surface area (Å²) in [6.07, 6.45) is 8.71. The number of nitrogens with zero attached hydrogens (tertiary/aromatic N) is 5. The van der Waals surface area contributed by atoms with Gasteiger partial charge in [-0.05, 0) is 24.1 Å². The summed E-state index contributed by atoms with van der Waals surface area (Å²) in [6.45, 7) is 3.11. The Morgan fingerprint density at radius 2 is 1.87 bits per heavy atom. The average Bonchev–Trinajstić information content (AvgIpc) is 3.00. The van der Waals surface area contributed by atoms with Gasteiger partial charge in [-0.1, -0.05) is 30.3 Å². The Hall–Kier alpha value is -3.31. The highest BCUT2D eigenvalue weighted by molar-refractivity contribution is 7.59. The van der Waals surface area contributed by atoms with E-state index in [4.69, 9.17) is 4.74 Å². The maximum atomic E-state index is 11.9. The number of aryl methyl sites for hydroxylation is 1. The summed E-state index contributed by atoms with van der Waals surface area (Å²) in [5.74, 6) is 2.42. The Labute approximate surface area is 182 Å². The highest BCUT2D eigenvalue weighted by atomic mass is 31.1. The quantitative estimate of drug-likeness (QED) is 0.322. The fraction of sp³-hybridized carbons (Fsp3) is 0.217. The van der Waals surface area contributed by atoms with Crippen LogP contribution < -0.4 is 4.57 Å². The molecule has 1 aromatic carbocycles. The summed E-state index contributed by atoms with van der Waals surface area (Å²) in [7, 11) is -0.513. The Morgan fingerprint density at radius 1 is 1.06 bits per heavy atom. The lowest BCUT2D eigenvalue weighted by molar-refractivity contribution is -0.697. The molecular formula is C23H23N5O2P+. The molecule has 0 radical (unpaired) electrons. The third-order valence-corrected chi connectivity index (χ3v) is 5.80. The molecule has 3 aromatic rings. The van der Waals surface area contributed by atoms with E-state index < -0.39 is 8.07 Å². The molecule has 1 aliphatic rings. The zero-order valence-corrected chi connectivity index (χ0v) is 18.2. The minimum absolute atomic E-state index is 0.183. The summed E-state index contributed by atoms with van der Waals surface area (Å²) in [6, 6.07) is 13.6. The van der Waals surface area contributed by atoms with E-state index >= 15 is 0 Å². The molecule has 7 nitrogen and oxygen atoms in total. The fourth-order valence-corrected chi connectivity index (χ4v) is 3.74. The number of aromatic nitrogens is 4. The van der Waals surface area contributed by atoms with Crippen LogP contribution in [0.3, 0.4) is 0 Å². The molecule has 156 valence electrons. The van der Waals surface area contributed by atoms with E-state index in [1.165, 1.54) is 0 Å². The molecule has 2 aromatic heterocycles. The number of hydrogen-bond donors (Lipinski definition) is 0. The number of ether oxygens (including phenoxy) is 1. The van der Waals surface area contributed by atoms with E-state index in [9.17, 15) is 4.79 Å². The van der Waals surface area contributed by atoms with Gasteiger partial charge in [0.05, 0.1) is 12.6 Å². The molecule has 8 heteroatoms. The fourth-order valence-electron chi connectivity index (χ4n) is 3.02. The van der Waals surface area contributed by atoms with Crippen molar-refractivity contribution in [3.63, 3.8) is 0 Å². The Kier molecular flexibility index (Phi) is 6.85. The van der Waals surface area contributed by atoms with Crippen molar-refractivity contribution >= 4 is 26.3 Å². The molecule has 1 aliphatic heterocycles. The monoisotopic (exact) mass is 432 g/mol. The Balaban J connectivity index is 1.29. The Morgan fingerprint density at radius 3 is 2.68 bits per heavy atom. The van der Waals surface area contributed by atoms with Crippen LogP contribution in [0, 0.1) is 0 Å². The summed E-state index contributed by atoms with van der Waals surface area (Å²) >= 11 is 0. The van der Waals surface area contributed by atoms with Crippen molar-refractivity contribution < 1.29 is 14.1 Å². The number of benzene rings is 1. The molecule has 0 spiro atoms. The smallest absolute Gasteiger partial charge is 0.306 e. The highest BCUT2D eigenvalue weighted by Gasteiger charge is 2.12. The van der Waals surface area contributed by atoms with Crippen molar-refractivity contribution in [3.05, 3.63) is 77.6 Å². The highest BCUT2D eigenvalue weighted by Crippen LogP contribution is 2.36. The van der Waals surface area contributed by atoms with Gasteiger partial charge in [-0.2, -0.15) is 0 Å². The molecule has 4 rings (SSSR count). The number of hydrogen-bond acceptors (Lipinski definition) is 6. The van der Waals surface area contributed by atoms with Crippen LogP contribution in [0.4, 0.5) is 0 Å². The molecule has 1 atom stereocenters. The molecule has 0 fully saturated rings. The number of carbonyl (C=O) groups is 1. The number of rotatable bonds is 7. The van der Waals surface area contributed by atoms with E-state index in [1.54, 1.807) is 6.21 Å². The second-order valence-electron chi connectivity index (χ2n) is 7.11. The molecule has 0 bridgehead atoms. The lowest BCUT2D eigenvalue weighted by Gasteiger charge is -2.04. The topological polar surface area (TPSA) is 81.2 Å². The van der Waals surface area contributed by atoms with E-state index in [0.29, 0.717) is 25.3 Å². The van der Waals surface area contributed by atoms with Crippen molar-refractivity contribution in [2.75, 3.05) is 6.66 Å². The van der Waals surface area contributed by atoms with Gasteiger partial charge in [-0.15, -0.1) is 10.2 Å². The zero-order valence-electron chi connectivity index (χ0n) is 17.3. The van der Waals surface area contributed by atoms with E-state index in [0.717, 1.165) is 29.1 Å². The van der Waals surface area contributed by atoms with E-state index in [1.807, 2.05) is 71.3 Å². The van der Waals surface area contributed by atoms with E-state index in [2.05, 4.69) is 26.6 Å². The van der Waals surface area contributed by atoms with Crippen molar-refractivity contribution in [1.29, 1.82) is 0 Å². The summed E-state index contributed by atoms with van der Waals surface area (Å²) in [5, 5.41) is 8.53. The number of fused-ring (bicyclic) bond motifs is 1. The molecule has 0 amide bonds. The van der Waals surface area contributed by atoms with Crippen LogP contribution in [0.25, 0.3) is 17.5 Å². The predicted molar refractivity (Wildman–Crippen MR) is 120 cm³/mol. The first-order valence-electron chi connectivity index (χ1n) is 10.1. The number of carbonyl (C=O) groups excluding carboxylic acids is 1. The van der Waals surface area contributed by atoms with E-state index in [-0.39, 0.29) is 5.97 Å². The van der Waals surface area contributed by atoms with Crippen molar-refractivity contribution in [2.24, 2.45) is 4.76 Å². The average molecular weight is 432 g/mol. The standard InChI is InChI=1S/C23H23N5O2P/c1-31-15-11-20-21(16-24-31)25-23(27-26-20)19-9-13-28(14-10-19)12-5-8-22(29)30-17-18-6-3-2-4-7-18/h2-4,6-7,9-11,13-16H,5,8,12,17H2,1H3/q+1. The molecule has 31 heavy (non-hydrogen) atoms. The van der Waals surface area contributed by atoms with Gasteiger partial charge in [0, 0.05) is 32.2 Å². The minimum Gasteiger partial charge on any atom is -0.461 e. The summed E-state index contributed by atoms with van der Waals surface area (Å²) < 4.78 is 11.8. The third kappa shape index (κ3) is 5.86. The lowest BCUT2D eigenvalue weighted by Crippen LogP contribution is -2.32. The second-order valence-corrected chi connectivity index (χ2v) is 8.79. The number of pyridine rings is 1. The molecule has 3 heterocycles. The summed E-state index contributed by atoms with van der Waals surface area (Å²) in [4.78, 5) is 16.5. The summed E-state index contributed by atoms with van der Waals surface area (Å²) in [5.41, 5.74) is 3.35. The van der Waals surface area contributed by atoms with Crippen LogP contribution in [0.2, 0.25) is 0 Å². The van der Waals surface area contributed by atoms with Crippen molar-refractivity contribution in [2.45, 2.75) is 26.0 Å². The minimum atomic E-state index is -0.513. The van der Waals surface area contributed by atoms with Gasteiger partial charge in [0.25, 0.3) is 0 Å². The van der Waals surface area contributed by atoms with Crippen molar-refractivity contribution in [1.82, 2.24) is 15.2 Å². The van der Waals surface area contributed by atoms with Gasteiger partial charge in [0.1, 0.15) is 24.5 Å². The molecule has 0 saturated heterocycles. The lowest BCUT2D eigenvalue weighted by atomic mass is 10.2. The second kappa shape index (κ2) is 10.1. The van der Waals surface area contributed by atoms with Crippen LogP contribution in [0.5, 0.6) is 0 Å². The van der Waals surface area contributed by atoms with Gasteiger partial charge in [0.2, 0.25) is 0 Å². The van der Waals surface area contributed by atoms with Crippen LogP contribution >= 0.6 is 8.07 Å². The largest absolute Gasteiger partial charge is 0.461 e. The van der Waals surface area contributed by atoms with Crippen LogP contribution in [0.15, 0.2) is 65.4 Å². The van der Waals surface area contributed by atoms with Gasteiger partial charge < -0.3 is 4.74 Å². The SMILES string of the molecule is CP1C=Cc2nnc(-c3cc[n+](CCCC(=O)OCc4ccccc4)cc3)nc2C=N1. The molecule has 0 N–H and O–H groups in total. The molecule has 0 aliphatic carbocycles. The maximum absolute atomic E-state index is 11.9. The Bertz CT molecular complexity index is 1100. The predicted octanol–water partition coefficient (Wildman–Crippen LogP) is 3.78. The first-order valence-corrected chi connectivity index (χ1v) is 11.9. The first kappa shape index (κ1) is 20.9. The van der Waals surface area contributed by atoms with Crippen LogP contribution in [-0.4, -0.2) is 34.0 Å². The van der Waals surface area contributed by atoms with Crippen LogP contribution in [0.1, 0.15) is 29.8 Å². The van der Waals surface area contributed by atoms with Crippen molar-refractivity contribution in [3.8, 4) is 11.4 Å². The maximum Gasteiger partial charge on any atom is 0.306 e. The molecule has 1 unspecified atom stereocenters. The molecular weight excluding hydrogens is 409 g/mol. The van der Waals surface area contributed by atoms with Crippen LogP contribution in [-0.2, 0) is 22.7 Å². The number of esters is 1. The first-order chi connectivity index (χ1) is 15.2. The van der Waals surface area contributed by atoms with Gasteiger partial charge in [-0.3, -0.25) is 9.56 Å². The molecule has 0 saturated carbocycles. The zero-order chi connectivity index (χ0) is 21.5. The normalized spacial score (nSPS) is 14.7. The van der Waals surface area contributed by atoms with Gasteiger partial charge in [-0.25, -0.2) is 9.55 Å². The van der Waals surface area contributed by atoms with Gasteiger partial charge in [0.15, 0.2) is 18.2 Å². The van der Waals surface area contributed by atoms with Gasteiger partial charge >= 0.3 is 5.97 Å². The third-order valence-electron chi connectivity index (χ3n) is 4.74.